The Morgan fingerprint density at radius 2 is 1.69 bits per heavy atom. The highest BCUT2D eigenvalue weighted by Gasteiger charge is 2.35. The molecule has 0 bridgehead atoms. The number of carbonyl (C=O) groups is 3. The van der Waals surface area contributed by atoms with Gasteiger partial charge in [-0.2, -0.15) is 0 Å². The number of hydrogen-bond acceptors (Lipinski definition) is 4. The normalized spacial score (nSPS) is 11.9. The molecule has 0 heterocycles. The predicted molar refractivity (Wildman–Crippen MR) is 53.1 cm³/mol. The summed E-state index contributed by atoms with van der Waals surface area (Å²) in [4.78, 5) is 33.2. The topological polar surface area (TPSA) is 104 Å². The van der Waals surface area contributed by atoms with Crippen LogP contribution in [0.1, 0.15) is 22.1 Å². The third-order valence-corrected chi connectivity index (χ3v) is 1.41. The number of carbonyl (C=O) groups excluding carboxylic acids is 1. The standard InChI is InChI=1S/C9H15NO6/c1-9(2,3)16-8(15)10(4)5(6(11)12)7(13)14/h5H,1-4H3,(H,11,12)(H,13,14)/i4D. The van der Waals surface area contributed by atoms with Crippen LogP contribution in [0.2, 0.25) is 0 Å². The fraction of sp³-hybridized carbons (Fsp3) is 0.667. The van der Waals surface area contributed by atoms with E-state index in [1.807, 2.05) is 0 Å². The molecular formula is C9H15NO6. The minimum Gasteiger partial charge on any atom is -0.479 e. The van der Waals surface area contributed by atoms with Crippen LogP contribution in [0.15, 0.2) is 0 Å². The number of carboxylic acids is 2. The van der Waals surface area contributed by atoms with Crippen LogP contribution in [0, 0.1) is 0 Å². The van der Waals surface area contributed by atoms with E-state index in [-0.39, 0.29) is 0 Å². The maximum atomic E-state index is 11.5. The average Bonchev–Trinajstić information content (AvgIpc) is 2.08. The highest BCUT2D eigenvalue weighted by atomic mass is 16.6. The zero-order chi connectivity index (χ0) is 13.8. The molecule has 0 unspecified atom stereocenters. The lowest BCUT2D eigenvalue weighted by molar-refractivity contribution is -0.155. The largest absolute Gasteiger partial charge is 0.479 e. The molecule has 0 saturated heterocycles. The number of aliphatic carboxylic acids is 2. The van der Waals surface area contributed by atoms with E-state index in [9.17, 15) is 14.4 Å². The lowest BCUT2D eigenvalue weighted by Crippen LogP contribution is -2.49. The number of carboxylic acid groups (broad SMARTS) is 2. The molecule has 0 saturated carbocycles. The van der Waals surface area contributed by atoms with Gasteiger partial charge < -0.3 is 14.9 Å². The van der Waals surface area contributed by atoms with E-state index in [2.05, 4.69) is 0 Å². The van der Waals surface area contributed by atoms with E-state index < -0.39 is 36.7 Å². The van der Waals surface area contributed by atoms with Crippen molar-refractivity contribution in [1.82, 2.24) is 4.90 Å². The molecule has 0 aliphatic rings. The maximum Gasteiger partial charge on any atom is 0.411 e. The molecule has 0 aromatic heterocycles. The Morgan fingerprint density at radius 3 is 1.94 bits per heavy atom. The quantitative estimate of drug-likeness (QED) is 0.684. The Kier molecular flexibility index (Phi) is 3.70. The van der Waals surface area contributed by atoms with E-state index in [4.69, 9.17) is 16.3 Å². The second-order valence-electron chi connectivity index (χ2n) is 4.03. The van der Waals surface area contributed by atoms with Crippen molar-refractivity contribution in [2.45, 2.75) is 32.4 Å². The minimum absolute atomic E-state index is 0.315. The minimum atomic E-state index is -2.12. The third kappa shape index (κ3) is 4.16. The van der Waals surface area contributed by atoms with Crippen LogP contribution in [0.3, 0.4) is 0 Å². The summed E-state index contributed by atoms with van der Waals surface area (Å²) in [7, 11) is -0.821. The van der Waals surface area contributed by atoms with Crippen molar-refractivity contribution in [3.8, 4) is 0 Å². The van der Waals surface area contributed by atoms with Gasteiger partial charge in [-0.25, -0.2) is 14.4 Å². The molecule has 2 N–H and O–H groups in total. The molecule has 7 heteroatoms. The number of amides is 1. The van der Waals surface area contributed by atoms with Crippen molar-refractivity contribution >= 4 is 18.0 Å². The van der Waals surface area contributed by atoms with Gasteiger partial charge in [-0.05, 0) is 20.8 Å². The molecule has 0 aliphatic heterocycles. The Morgan fingerprint density at radius 1 is 1.25 bits per heavy atom. The molecule has 92 valence electrons. The molecule has 16 heavy (non-hydrogen) atoms. The van der Waals surface area contributed by atoms with Gasteiger partial charge in [0.15, 0.2) is 0 Å². The van der Waals surface area contributed by atoms with Crippen LogP contribution < -0.4 is 0 Å². The molecule has 1 amide bonds. The molecule has 0 aromatic carbocycles. The van der Waals surface area contributed by atoms with Gasteiger partial charge in [-0.1, -0.05) is 0 Å². The lowest BCUT2D eigenvalue weighted by Gasteiger charge is -2.26. The average molecular weight is 234 g/mol. The first-order chi connectivity index (χ1) is 7.60. The fourth-order valence-electron chi connectivity index (χ4n) is 0.798. The Bertz CT molecular complexity index is 310. The highest BCUT2D eigenvalue weighted by Crippen LogP contribution is 2.11. The molecule has 0 aliphatic carbocycles. The van der Waals surface area contributed by atoms with Gasteiger partial charge >= 0.3 is 18.0 Å². The van der Waals surface area contributed by atoms with Gasteiger partial charge in [-0.15, -0.1) is 0 Å². The predicted octanol–water partition coefficient (Wildman–Crippen LogP) is 0.391. The summed E-state index contributed by atoms with van der Waals surface area (Å²) in [6.07, 6.45) is -1.15. The Balaban J connectivity index is 4.98. The third-order valence-electron chi connectivity index (χ3n) is 1.41. The van der Waals surface area contributed by atoms with Gasteiger partial charge in [0, 0.05) is 8.39 Å². The fourth-order valence-corrected chi connectivity index (χ4v) is 0.798. The molecule has 0 aromatic rings. The molecule has 0 radical (unpaired) electrons. The SMILES string of the molecule is [2H]CN(C(=O)OC(C)(C)C)C(C(=O)O)C(=O)O. The molecule has 0 atom stereocenters. The maximum absolute atomic E-state index is 11.5. The second-order valence-corrected chi connectivity index (χ2v) is 4.03. The molecule has 0 spiro atoms. The van der Waals surface area contributed by atoms with Gasteiger partial charge in [0.05, 0.1) is 0 Å². The van der Waals surface area contributed by atoms with Crippen LogP contribution >= 0.6 is 0 Å². The second kappa shape index (κ2) is 4.82. The lowest BCUT2D eigenvalue weighted by atomic mass is 10.2. The van der Waals surface area contributed by atoms with E-state index in [0.717, 1.165) is 0 Å². The number of hydrogen-bond donors (Lipinski definition) is 2. The summed E-state index contributed by atoms with van der Waals surface area (Å²) in [5.74, 6) is -3.45. The van der Waals surface area contributed by atoms with Crippen molar-refractivity contribution in [2.24, 2.45) is 0 Å². The van der Waals surface area contributed by atoms with E-state index in [1.165, 1.54) is 0 Å². The van der Waals surface area contributed by atoms with Gasteiger partial charge in [0.1, 0.15) is 5.60 Å². The van der Waals surface area contributed by atoms with Crippen LogP contribution in [-0.4, -0.2) is 51.8 Å². The first-order valence-electron chi connectivity index (χ1n) is 5.05. The first kappa shape index (κ1) is 12.3. The molecule has 7 nitrogen and oxygen atoms in total. The van der Waals surface area contributed by atoms with Crippen molar-refractivity contribution in [3.05, 3.63) is 0 Å². The zero-order valence-corrected chi connectivity index (χ0v) is 9.26. The first-order valence-corrected chi connectivity index (χ1v) is 4.34. The van der Waals surface area contributed by atoms with Crippen LogP contribution in [0.4, 0.5) is 4.79 Å². The monoisotopic (exact) mass is 234 g/mol. The smallest absolute Gasteiger partial charge is 0.411 e. The molecule has 0 fully saturated rings. The van der Waals surface area contributed by atoms with Crippen LogP contribution in [0.25, 0.3) is 0 Å². The highest BCUT2D eigenvalue weighted by molar-refractivity contribution is 5.99. The van der Waals surface area contributed by atoms with Gasteiger partial charge in [0.2, 0.25) is 6.04 Å². The Labute approximate surface area is 94.0 Å². The van der Waals surface area contributed by atoms with Gasteiger partial charge in [0.25, 0.3) is 0 Å². The van der Waals surface area contributed by atoms with Crippen molar-refractivity contribution in [3.63, 3.8) is 0 Å². The molecular weight excluding hydrogens is 218 g/mol. The number of nitrogens with zero attached hydrogens (tertiary/aromatic N) is 1. The summed E-state index contributed by atoms with van der Waals surface area (Å²) in [5, 5.41) is 17.4. The van der Waals surface area contributed by atoms with Crippen molar-refractivity contribution in [1.29, 1.82) is 0 Å². The zero-order valence-electron chi connectivity index (χ0n) is 10.3. The summed E-state index contributed by atoms with van der Waals surface area (Å²) in [5.41, 5.74) is -0.897. The summed E-state index contributed by atoms with van der Waals surface area (Å²) in [6, 6.07) is -2.12. The number of ether oxygens (including phenoxy) is 1. The van der Waals surface area contributed by atoms with Gasteiger partial charge in [-0.3, -0.25) is 4.90 Å². The van der Waals surface area contributed by atoms with E-state index >= 15 is 0 Å². The Hall–Kier alpha value is -1.79. The van der Waals surface area contributed by atoms with Crippen molar-refractivity contribution < 1.29 is 30.7 Å². The number of rotatable bonds is 3. The van der Waals surface area contributed by atoms with E-state index in [0.29, 0.717) is 4.90 Å². The molecule has 0 rings (SSSR count). The van der Waals surface area contributed by atoms with Crippen LogP contribution in [0.5, 0.6) is 0 Å². The van der Waals surface area contributed by atoms with E-state index in [1.54, 1.807) is 20.8 Å². The summed E-state index contributed by atoms with van der Waals surface area (Å²) >= 11 is 0. The summed E-state index contributed by atoms with van der Waals surface area (Å²) in [6.45, 7) is 4.64. The van der Waals surface area contributed by atoms with Crippen LogP contribution in [-0.2, 0) is 14.3 Å². The van der Waals surface area contributed by atoms with Crippen molar-refractivity contribution in [2.75, 3.05) is 7.02 Å². The summed E-state index contributed by atoms with van der Waals surface area (Å²) < 4.78 is 11.8. The number of likely N-dealkylation sites (N-methyl/N-ethyl adjacent to an activating group) is 1.